The second kappa shape index (κ2) is 16.8. The van der Waals surface area contributed by atoms with Crippen LogP contribution < -0.4 is 10.6 Å². The SMILES string of the molecule is CN=C(NCCCCOC1CCCCCC1)NCCCOC.I. The first kappa shape index (κ1) is 22.9. The average Bonchev–Trinajstić information content (AvgIpc) is 2.81. The van der Waals surface area contributed by atoms with E-state index in [1.54, 1.807) is 14.2 Å². The lowest BCUT2D eigenvalue weighted by Gasteiger charge is -2.15. The maximum Gasteiger partial charge on any atom is 0.190 e. The van der Waals surface area contributed by atoms with E-state index in [9.17, 15) is 0 Å². The monoisotopic (exact) mass is 441 g/mol. The Morgan fingerprint density at radius 3 is 2.22 bits per heavy atom. The van der Waals surface area contributed by atoms with Gasteiger partial charge in [0.05, 0.1) is 6.10 Å². The molecule has 138 valence electrons. The molecule has 1 aliphatic carbocycles. The van der Waals surface area contributed by atoms with Crippen LogP contribution in [0.5, 0.6) is 0 Å². The molecule has 2 N–H and O–H groups in total. The molecule has 1 aliphatic rings. The molecule has 23 heavy (non-hydrogen) atoms. The fourth-order valence-corrected chi connectivity index (χ4v) is 2.74. The van der Waals surface area contributed by atoms with Gasteiger partial charge < -0.3 is 20.1 Å². The van der Waals surface area contributed by atoms with Gasteiger partial charge in [-0.3, -0.25) is 4.99 Å². The molecule has 0 spiro atoms. The summed E-state index contributed by atoms with van der Waals surface area (Å²) in [4.78, 5) is 4.21. The fourth-order valence-electron chi connectivity index (χ4n) is 2.74. The molecule has 0 atom stereocenters. The Balaban J connectivity index is 0.00000484. The van der Waals surface area contributed by atoms with Crippen molar-refractivity contribution in [1.29, 1.82) is 0 Å². The Hall–Kier alpha value is -0.0800. The molecule has 0 aromatic rings. The van der Waals surface area contributed by atoms with E-state index in [0.29, 0.717) is 6.10 Å². The number of halogens is 1. The number of aliphatic imine (C=N–C) groups is 1. The van der Waals surface area contributed by atoms with Crippen LogP contribution in [0.2, 0.25) is 0 Å². The Morgan fingerprint density at radius 1 is 0.957 bits per heavy atom. The molecule has 6 heteroatoms. The maximum absolute atomic E-state index is 6.00. The van der Waals surface area contributed by atoms with Gasteiger partial charge in [-0.05, 0) is 32.1 Å². The van der Waals surface area contributed by atoms with Crippen molar-refractivity contribution in [3.05, 3.63) is 0 Å². The number of guanidine groups is 1. The van der Waals surface area contributed by atoms with Crippen molar-refractivity contribution < 1.29 is 9.47 Å². The Morgan fingerprint density at radius 2 is 1.61 bits per heavy atom. The molecule has 0 aromatic carbocycles. The summed E-state index contributed by atoms with van der Waals surface area (Å²) in [5, 5.41) is 6.62. The van der Waals surface area contributed by atoms with Crippen LogP contribution in [0.4, 0.5) is 0 Å². The summed E-state index contributed by atoms with van der Waals surface area (Å²) in [5.74, 6) is 0.876. The summed E-state index contributed by atoms with van der Waals surface area (Å²) in [6.07, 6.45) is 11.7. The Kier molecular flexibility index (Phi) is 16.7. The molecular formula is C17H36IN3O2. The van der Waals surface area contributed by atoms with E-state index < -0.39 is 0 Å². The minimum absolute atomic E-state index is 0. The third kappa shape index (κ3) is 12.9. The highest BCUT2D eigenvalue weighted by molar-refractivity contribution is 14.0. The highest BCUT2D eigenvalue weighted by Gasteiger charge is 2.11. The maximum atomic E-state index is 6.00. The number of hydrogen-bond donors (Lipinski definition) is 2. The molecule has 5 nitrogen and oxygen atoms in total. The van der Waals surface area contributed by atoms with Gasteiger partial charge in [-0.15, -0.1) is 24.0 Å². The third-order valence-electron chi connectivity index (χ3n) is 4.06. The first-order valence-electron chi connectivity index (χ1n) is 8.92. The van der Waals surface area contributed by atoms with E-state index in [-0.39, 0.29) is 24.0 Å². The van der Waals surface area contributed by atoms with Gasteiger partial charge in [0.25, 0.3) is 0 Å². The van der Waals surface area contributed by atoms with E-state index in [1.165, 1.54) is 38.5 Å². The lowest BCUT2D eigenvalue weighted by atomic mass is 10.1. The molecule has 0 radical (unpaired) electrons. The van der Waals surface area contributed by atoms with Crippen molar-refractivity contribution in [2.75, 3.05) is 40.5 Å². The highest BCUT2D eigenvalue weighted by atomic mass is 127. The van der Waals surface area contributed by atoms with Crippen molar-refractivity contribution in [1.82, 2.24) is 10.6 Å². The lowest BCUT2D eigenvalue weighted by molar-refractivity contribution is 0.0411. The van der Waals surface area contributed by atoms with Crippen LogP contribution in [0.1, 0.15) is 57.8 Å². The van der Waals surface area contributed by atoms with Gasteiger partial charge in [-0.25, -0.2) is 0 Å². The summed E-state index contributed by atoms with van der Waals surface area (Å²) in [6, 6.07) is 0. The molecule has 1 fully saturated rings. The summed E-state index contributed by atoms with van der Waals surface area (Å²) in [5.41, 5.74) is 0. The second-order valence-electron chi connectivity index (χ2n) is 5.96. The number of ether oxygens (including phenoxy) is 2. The van der Waals surface area contributed by atoms with Crippen LogP contribution in [-0.4, -0.2) is 52.5 Å². The molecule has 0 saturated heterocycles. The standard InChI is InChI=1S/C17H35N3O2.HI/c1-18-17(20-13-9-14-21-2)19-12-7-8-15-22-16-10-5-3-4-6-11-16;/h16H,3-15H2,1-2H3,(H2,18,19,20);1H. The summed E-state index contributed by atoms with van der Waals surface area (Å²) < 4.78 is 11.0. The molecule has 0 bridgehead atoms. The zero-order chi connectivity index (χ0) is 15.9. The van der Waals surface area contributed by atoms with Crippen molar-refractivity contribution in [2.45, 2.75) is 63.9 Å². The quantitative estimate of drug-likeness (QED) is 0.180. The molecule has 0 unspecified atom stereocenters. The number of unbranched alkanes of at least 4 members (excludes halogenated alkanes) is 1. The zero-order valence-electron chi connectivity index (χ0n) is 14.9. The van der Waals surface area contributed by atoms with E-state index in [1.807, 2.05) is 0 Å². The number of hydrogen-bond acceptors (Lipinski definition) is 3. The van der Waals surface area contributed by atoms with Crippen LogP contribution in [0.25, 0.3) is 0 Å². The molecule has 0 heterocycles. The minimum atomic E-state index is 0. The first-order chi connectivity index (χ1) is 10.9. The zero-order valence-corrected chi connectivity index (χ0v) is 17.3. The van der Waals surface area contributed by atoms with Crippen LogP contribution in [0.15, 0.2) is 4.99 Å². The molecular weight excluding hydrogens is 405 g/mol. The number of nitrogens with one attached hydrogen (secondary N) is 2. The van der Waals surface area contributed by atoms with Gasteiger partial charge in [-0.2, -0.15) is 0 Å². The minimum Gasteiger partial charge on any atom is -0.385 e. The predicted molar refractivity (Wildman–Crippen MR) is 108 cm³/mol. The number of rotatable bonds is 10. The van der Waals surface area contributed by atoms with Gasteiger partial charge >= 0.3 is 0 Å². The number of nitrogens with zero attached hydrogens (tertiary/aromatic N) is 1. The van der Waals surface area contributed by atoms with E-state index >= 15 is 0 Å². The van der Waals surface area contributed by atoms with Gasteiger partial charge in [0, 0.05) is 40.5 Å². The third-order valence-corrected chi connectivity index (χ3v) is 4.06. The summed E-state index contributed by atoms with van der Waals surface area (Å²) >= 11 is 0. The van der Waals surface area contributed by atoms with Gasteiger partial charge in [0.2, 0.25) is 0 Å². The lowest BCUT2D eigenvalue weighted by Crippen LogP contribution is -2.38. The van der Waals surface area contributed by atoms with Crippen molar-refractivity contribution >= 4 is 29.9 Å². The predicted octanol–water partition coefficient (Wildman–Crippen LogP) is 3.33. The molecule has 1 rings (SSSR count). The largest absolute Gasteiger partial charge is 0.385 e. The number of methoxy groups -OCH3 is 1. The van der Waals surface area contributed by atoms with Crippen LogP contribution in [0, 0.1) is 0 Å². The summed E-state index contributed by atoms with van der Waals surface area (Å²) in [7, 11) is 3.53. The second-order valence-corrected chi connectivity index (χ2v) is 5.96. The van der Waals surface area contributed by atoms with E-state index in [4.69, 9.17) is 9.47 Å². The smallest absolute Gasteiger partial charge is 0.190 e. The van der Waals surface area contributed by atoms with Gasteiger partial charge in [0.15, 0.2) is 5.96 Å². The molecule has 0 aromatic heterocycles. The Bertz CT molecular complexity index is 283. The topological polar surface area (TPSA) is 54.9 Å². The molecule has 1 saturated carbocycles. The van der Waals surface area contributed by atoms with Crippen molar-refractivity contribution in [3.8, 4) is 0 Å². The van der Waals surface area contributed by atoms with Gasteiger partial charge in [0.1, 0.15) is 0 Å². The normalized spacial score (nSPS) is 16.5. The molecule has 0 amide bonds. The van der Waals surface area contributed by atoms with Crippen molar-refractivity contribution in [2.24, 2.45) is 4.99 Å². The van der Waals surface area contributed by atoms with Crippen LogP contribution in [0.3, 0.4) is 0 Å². The van der Waals surface area contributed by atoms with Gasteiger partial charge in [-0.1, -0.05) is 25.7 Å². The summed E-state index contributed by atoms with van der Waals surface area (Å²) in [6.45, 7) is 3.50. The van der Waals surface area contributed by atoms with Crippen LogP contribution >= 0.6 is 24.0 Å². The van der Waals surface area contributed by atoms with Crippen LogP contribution in [-0.2, 0) is 9.47 Å². The fraction of sp³-hybridized carbons (Fsp3) is 0.941. The average molecular weight is 441 g/mol. The van der Waals surface area contributed by atoms with E-state index in [2.05, 4.69) is 15.6 Å². The van der Waals surface area contributed by atoms with Crippen molar-refractivity contribution in [3.63, 3.8) is 0 Å². The Labute approximate surface area is 159 Å². The first-order valence-corrected chi connectivity index (χ1v) is 8.92. The van der Waals surface area contributed by atoms with E-state index in [0.717, 1.165) is 51.5 Å². The molecule has 0 aliphatic heterocycles. The highest BCUT2D eigenvalue weighted by Crippen LogP contribution is 2.19.